The fourth-order valence-electron chi connectivity index (χ4n) is 2.38. The van der Waals surface area contributed by atoms with Crippen molar-refractivity contribution in [2.45, 2.75) is 0 Å². The highest BCUT2D eigenvalue weighted by atomic mass is 79.9. The Balaban J connectivity index is 2.46. The predicted molar refractivity (Wildman–Crippen MR) is 94.1 cm³/mol. The van der Waals surface area contributed by atoms with E-state index in [9.17, 15) is 10.5 Å². The second kappa shape index (κ2) is 7.00. The molecule has 1 fully saturated rings. The molecule has 0 radical (unpaired) electrons. The van der Waals surface area contributed by atoms with Crippen LogP contribution in [0.25, 0.3) is 0 Å². The van der Waals surface area contributed by atoms with Gasteiger partial charge in [0.1, 0.15) is 17.7 Å². The molecule has 2 rings (SSSR count). The Hall–Kier alpha value is -1.76. The van der Waals surface area contributed by atoms with Gasteiger partial charge in [-0.15, -0.1) is 0 Å². The molecular formula is C16H14Br2N4. The topological polar surface area (TPSA) is 54.1 Å². The van der Waals surface area contributed by atoms with Crippen LogP contribution in [0.1, 0.15) is 0 Å². The van der Waals surface area contributed by atoms with Crippen molar-refractivity contribution < 1.29 is 0 Å². The van der Waals surface area contributed by atoms with Crippen LogP contribution in [-0.4, -0.2) is 32.1 Å². The maximum atomic E-state index is 9.18. The molecule has 6 heteroatoms. The van der Waals surface area contributed by atoms with E-state index in [0.717, 1.165) is 25.8 Å². The van der Waals surface area contributed by atoms with E-state index in [1.807, 2.05) is 55.5 Å². The lowest BCUT2D eigenvalue weighted by atomic mass is 10.1. The molecule has 0 spiro atoms. The summed E-state index contributed by atoms with van der Waals surface area (Å²) in [7, 11) is 3.86. The van der Waals surface area contributed by atoms with E-state index in [4.69, 9.17) is 0 Å². The SMILES string of the molecule is CN(C)C=C1CN(c2cc(Br)cc(Br)c2)CC1=C(C#N)C#N. The summed E-state index contributed by atoms with van der Waals surface area (Å²) in [6.07, 6.45) is 1.97. The van der Waals surface area contributed by atoms with Gasteiger partial charge in [-0.3, -0.25) is 0 Å². The van der Waals surface area contributed by atoms with Crippen molar-refractivity contribution in [1.82, 2.24) is 4.90 Å². The first-order valence-electron chi connectivity index (χ1n) is 6.56. The molecule has 0 aromatic heterocycles. The number of allylic oxidation sites excluding steroid dienone is 1. The van der Waals surface area contributed by atoms with E-state index in [-0.39, 0.29) is 5.57 Å². The summed E-state index contributed by atoms with van der Waals surface area (Å²) in [5, 5.41) is 18.4. The van der Waals surface area contributed by atoms with Crippen molar-refractivity contribution in [3.05, 3.63) is 50.1 Å². The number of hydrogen-bond donors (Lipinski definition) is 0. The van der Waals surface area contributed by atoms with Gasteiger partial charge in [-0.25, -0.2) is 0 Å². The lowest BCUT2D eigenvalue weighted by Gasteiger charge is -2.18. The molecule has 112 valence electrons. The Kier molecular flexibility index (Phi) is 5.28. The van der Waals surface area contributed by atoms with Crippen molar-refractivity contribution in [2.24, 2.45) is 0 Å². The molecule has 0 amide bonds. The van der Waals surface area contributed by atoms with Crippen molar-refractivity contribution in [1.29, 1.82) is 10.5 Å². The number of nitriles is 2. The molecule has 4 nitrogen and oxygen atoms in total. The van der Waals surface area contributed by atoms with Gasteiger partial charge in [-0.2, -0.15) is 10.5 Å². The van der Waals surface area contributed by atoms with Crippen LogP contribution < -0.4 is 4.90 Å². The van der Waals surface area contributed by atoms with Crippen LogP contribution in [0, 0.1) is 22.7 Å². The highest BCUT2D eigenvalue weighted by Crippen LogP contribution is 2.33. The molecule has 1 aromatic carbocycles. The summed E-state index contributed by atoms with van der Waals surface area (Å²) in [6, 6.07) is 10.0. The summed E-state index contributed by atoms with van der Waals surface area (Å²) >= 11 is 6.98. The molecule has 22 heavy (non-hydrogen) atoms. The van der Waals surface area contributed by atoms with E-state index in [2.05, 4.69) is 36.8 Å². The normalized spacial score (nSPS) is 15.6. The first-order chi connectivity index (χ1) is 10.4. The first kappa shape index (κ1) is 16.6. The molecule has 0 aliphatic carbocycles. The van der Waals surface area contributed by atoms with Crippen LogP contribution in [0.4, 0.5) is 5.69 Å². The Bertz CT molecular complexity index is 699. The van der Waals surface area contributed by atoms with Crippen molar-refractivity contribution in [3.63, 3.8) is 0 Å². The molecule has 0 saturated carbocycles. The number of hydrogen-bond acceptors (Lipinski definition) is 4. The Morgan fingerprint density at radius 1 is 1.14 bits per heavy atom. The summed E-state index contributed by atoms with van der Waals surface area (Å²) in [5.74, 6) is 0. The van der Waals surface area contributed by atoms with Crippen LogP contribution in [0.5, 0.6) is 0 Å². The third kappa shape index (κ3) is 3.71. The van der Waals surface area contributed by atoms with Gasteiger partial charge in [0.25, 0.3) is 0 Å². The largest absolute Gasteiger partial charge is 0.383 e. The lowest BCUT2D eigenvalue weighted by Crippen LogP contribution is -2.18. The van der Waals surface area contributed by atoms with Crippen molar-refractivity contribution in [3.8, 4) is 12.1 Å². The number of nitrogens with zero attached hydrogens (tertiary/aromatic N) is 4. The van der Waals surface area contributed by atoms with Crippen LogP contribution >= 0.6 is 31.9 Å². The zero-order valence-electron chi connectivity index (χ0n) is 12.3. The van der Waals surface area contributed by atoms with Gasteiger partial charge in [0, 0.05) is 53.6 Å². The first-order valence-corrected chi connectivity index (χ1v) is 8.15. The van der Waals surface area contributed by atoms with Gasteiger partial charge < -0.3 is 9.80 Å². The highest BCUT2D eigenvalue weighted by Gasteiger charge is 2.26. The van der Waals surface area contributed by atoms with Crippen molar-refractivity contribution >= 4 is 37.5 Å². The van der Waals surface area contributed by atoms with Gasteiger partial charge in [0.2, 0.25) is 0 Å². The summed E-state index contributed by atoms with van der Waals surface area (Å²) in [5.41, 5.74) is 3.02. The molecular weight excluding hydrogens is 408 g/mol. The van der Waals surface area contributed by atoms with Crippen LogP contribution in [-0.2, 0) is 0 Å². The average Bonchev–Trinajstić information content (AvgIpc) is 2.82. The molecule has 1 aromatic rings. The minimum Gasteiger partial charge on any atom is -0.383 e. The maximum Gasteiger partial charge on any atom is 0.135 e. The van der Waals surface area contributed by atoms with Gasteiger partial charge in [0.05, 0.1) is 0 Å². The molecule has 0 unspecified atom stereocenters. The number of anilines is 1. The maximum absolute atomic E-state index is 9.18. The molecule has 1 aliphatic heterocycles. The summed E-state index contributed by atoms with van der Waals surface area (Å²) in [6.45, 7) is 1.22. The molecule has 0 bridgehead atoms. The Morgan fingerprint density at radius 3 is 2.23 bits per heavy atom. The van der Waals surface area contributed by atoms with Gasteiger partial charge >= 0.3 is 0 Å². The number of halogens is 2. The fraction of sp³-hybridized carbons (Fsp3) is 0.250. The zero-order chi connectivity index (χ0) is 16.3. The van der Waals surface area contributed by atoms with Gasteiger partial charge in [-0.1, -0.05) is 31.9 Å². The summed E-state index contributed by atoms with van der Waals surface area (Å²) < 4.78 is 1.96. The Morgan fingerprint density at radius 2 is 1.73 bits per heavy atom. The number of benzene rings is 1. The van der Waals surface area contributed by atoms with Gasteiger partial charge in [-0.05, 0) is 23.8 Å². The second-order valence-electron chi connectivity index (χ2n) is 5.18. The minimum absolute atomic E-state index is 0.185. The van der Waals surface area contributed by atoms with Crippen LogP contribution in [0.3, 0.4) is 0 Å². The third-order valence-corrected chi connectivity index (χ3v) is 4.17. The second-order valence-corrected chi connectivity index (χ2v) is 7.01. The van der Waals surface area contributed by atoms with Crippen LogP contribution in [0.15, 0.2) is 50.1 Å². The number of rotatable bonds is 2. The standard InChI is InChI=1S/C16H14Br2N4/c1-21(2)8-12-9-22(10-16(12)11(6-19)7-20)15-4-13(17)3-14(18)5-15/h3-5,8H,9-10H2,1-2H3. The van der Waals surface area contributed by atoms with Gasteiger partial charge in [0.15, 0.2) is 0 Å². The zero-order valence-corrected chi connectivity index (χ0v) is 15.4. The Labute approximate surface area is 147 Å². The van der Waals surface area contributed by atoms with Crippen molar-refractivity contribution in [2.75, 3.05) is 32.1 Å². The molecule has 1 saturated heterocycles. The molecule has 1 aliphatic rings. The summed E-state index contributed by atoms with van der Waals surface area (Å²) in [4.78, 5) is 4.08. The van der Waals surface area contributed by atoms with E-state index in [1.165, 1.54) is 0 Å². The predicted octanol–water partition coefficient (Wildman–Crippen LogP) is 3.82. The minimum atomic E-state index is 0.185. The molecule has 0 atom stereocenters. The lowest BCUT2D eigenvalue weighted by molar-refractivity contribution is 0.559. The smallest absolute Gasteiger partial charge is 0.135 e. The monoisotopic (exact) mass is 420 g/mol. The average molecular weight is 422 g/mol. The highest BCUT2D eigenvalue weighted by molar-refractivity contribution is 9.11. The van der Waals surface area contributed by atoms with E-state index >= 15 is 0 Å². The third-order valence-electron chi connectivity index (χ3n) is 3.25. The molecule has 1 heterocycles. The van der Waals surface area contributed by atoms with E-state index in [0.29, 0.717) is 13.1 Å². The van der Waals surface area contributed by atoms with E-state index in [1.54, 1.807) is 0 Å². The molecule has 0 N–H and O–H groups in total. The van der Waals surface area contributed by atoms with Crippen LogP contribution in [0.2, 0.25) is 0 Å². The quantitative estimate of drug-likeness (QED) is 0.681. The fourth-order valence-corrected chi connectivity index (χ4v) is 3.65. The van der Waals surface area contributed by atoms with E-state index < -0.39 is 0 Å².